The Morgan fingerprint density at radius 1 is 1.33 bits per heavy atom. The maximum absolute atomic E-state index is 5.46. The van der Waals surface area contributed by atoms with Crippen LogP contribution in [-0.4, -0.2) is 62.3 Å². The Morgan fingerprint density at radius 3 is 2.52 bits per heavy atom. The van der Waals surface area contributed by atoms with Crippen LogP contribution in [0.2, 0.25) is 0 Å². The molecule has 3 atom stereocenters. The van der Waals surface area contributed by atoms with E-state index in [1.165, 1.54) is 6.42 Å². The van der Waals surface area contributed by atoms with Gasteiger partial charge in [-0.2, -0.15) is 0 Å². The minimum atomic E-state index is 0.501. The molecule has 0 amide bonds. The summed E-state index contributed by atoms with van der Waals surface area (Å²) in [6.07, 6.45) is 1.27. The van der Waals surface area contributed by atoms with E-state index in [0.717, 1.165) is 51.3 Å². The molecule has 5 nitrogen and oxygen atoms in total. The van der Waals surface area contributed by atoms with Crippen LogP contribution in [0.15, 0.2) is 4.99 Å². The van der Waals surface area contributed by atoms with Gasteiger partial charge in [-0.1, -0.05) is 20.8 Å². The van der Waals surface area contributed by atoms with Gasteiger partial charge in [-0.05, 0) is 25.2 Å². The zero-order valence-electron chi connectivity index (χ0n) is 14.1. The van der Waals surface area contributed by atoms with Crippen LogP contribution in [0.5, 0.6) is 0 Å². The van der Waals surface area contributed by atoms with Crippen molar-refractivity contribution >= 4 is 5.96 Å². The first-order valence-corrected chi connectivity index (χ1v) is 8.48. The molecular formula is C16H32N4O. The van der Waals surface area contributed by atoms with E-state index >= 15 is 0 Å². The summed E-state index contributed by atoms with van der Waals surface area (Å²) < 4.78 is 5.46. The molecule has 1 aliphatic carbocycles. The number of hydrogen-bond donors (Lipinski definition) is 2. The summed E-state index contributed by atoms with van der Waals surface area (Å²) in [5.41, 5.74) is 0. The summed E-state index contributed by atoms with van der Waals surface area (Å²) in [6, 6.07) is 1.12. The Hall–Kier alpha value is -0.810. The molecule has 1 aliphatic heterocycles. The van der Waals surface area contributed by atoms with E-state index in [2.05, 4.69) is 43.2 Å². The lowest BCUT2D eigenvalue weighted by atomic mass is 10.0. The molecule has 0 radical (unpaired) electrons. The highest BCUT2D eigenvalue weighted by atomic mass is 16.5. The number of nitrogens with one attached hydrogen (secondary N) is 2. The van der Waals surface area contributed by atoms with E-state index < -0.39 is 0 Å². The highest BCUT2D eigenvalue weighted by Crippen LogP contribution is 2.28. The molecule has 0 aromatic heterocycles. The SMILES string of the molecule is CCNC(=NCC(C(C)C)N1CCOCC1)NC1CC1C. The summed E-state index contributed by atoms with van der Waals surface area (Å²) >= 11 is 0. The van der Waals surface area contributed by atoms with Gasteiger partial charge in [-0.3, -0.25) is 9.89 Å². The van der Waals surface area contributed by atoms with E-state index in [9.17, 15) is 0 Å². The smallest absolute Gasteiger partial charge is 0.191 e. The van der Waals surface area contributed by atoms with Crippen LogP contribution >= 0.6 is 0 Å². The van der Waals surface area contributed by atoms with Gasteiger partial charge in [-0.25, -0.2) is 0 Å². The molecule has 2 N–H and O–H groups in total. The van der Waals surface area contributed by atoms with Crippen molar-refractivity contribution in [2.45, 2.75) is 46.2 Å². The van der Waals surface area contributed by atoms with Crippen molar-refractivity contribution in [1.29, 1.82) is 0 Å². The fourth-order valence-corrected chi connectivity index (χ4v) is 2.86. The Kier molecular flexibility index (Phi) is 6.30. The predicted octanol–water partition coefficient (Wildman–Crippen LogP) is 1.31. The third kappa shape index (κ3) is 5.15. The highest BCUT2D eigenvalue weighted by molar-refractivity contribution is 5.80. The van der Waals surface area contributed by atoms with Gasteiger partial charge in [0.15, 0.2) is 5.96 Å². The van der Waals surface area contributed by atoms with Crippen molar-refractivity contribution < 1.29 is 4.74 Å². The Bertz CT molecular complexity index is 339. The van der Waals surface area contributed by atoms with Crippen LogP contribution in [0.1, 0.15) is 34.1 Å². The van der Waals surface area contributed by atoms with Gasteiger partial charge in [0.05, 0.1) is 19.8 Å². The standard InChI is InChI=1S/C16H32N4O/c1-5-17-16(19-14-10-13(14)4)18-11-15(12(2)3)20-6-8-21-9-7-20/h12-15H,5-11H2,1-4H3,(H2,17,18,19). The second-order valence-corrected chi connectivity index (χ2v) is 6.64. The van der Waals surface area contributed by atoms with Crippen molar-refractivity contribution in [2.75, 3.05) is 39.4 Å². The van der Waals surface area contributed by atoms with Gasteiger partial charge in [-0.15, -0.1) is 0 Å². The summed E-state index contributed by atoms with van der Waals surface area (Å²) in [4.78, 5) is 7.37. The van der Waals surface area contributed by atoms with Gasteiger partial charge in [0.25, 0.3) is 0 Å². The minimum absolute atomic E-state index is 0.501. The first kappa shape index (κ1) is 16.6. The molecule has 0 aromatic rings. The second kappa shape index (κ2) is 7.99. The number of rotatable bonds is 6. The molecule has 5 heteroatoms. The van der Waals surface area contributed by atoms with Gasteiger partial charge in [0.1, 0.15) is 0 Å². The monoisotopic (exact) mass is 296 g/mol. The van der Waals surface area contributed by atoms with Crippen molar-refractivity contribution in [3.05, 3.63) is 0 Å². The van der Waals surface area contributed by atoms with E-state index in [4.69, 9.17) is 9.73 Å². The zero-order chi connectivity index (χ0) is 15.2. The molecule has 21 heavy (non-hydrogen) atoms. The Balaban J connectivity index is 1.91. The zero-order valence-corrected chi connectivity index (χ0v) is 14.1. The van der Waals surface area contributed by atoms with Gasteiger partial charge in [0, 0.05) is 31.7 Å². The first-order chi connectivity index (χ1) is 10.1. The number of hydrogen-bond acceptors (Lipinski definition) is 3. The van der Waals surface area contributed by atoms with Crippen LogP contribution < -0.4 is 10.6 Å². The number of ether oxygens (including phenoxy) is 1. The maximum Gasteiger partial charge on any atom is 0.191 e. The van der Waals surface area contributed by atoms with E-state index in [-0.39, 0.29) is 0 Å². The molecule has 2 aliphatic rings. The summed E-state index contributed by atoms with van der Waals surface area (Å²) in [5.74, 6) is 2.37. The predicted molar refractivity (Wildman–Crippen MR) is 87.7 cm³/mol. The molecule has 3 unspecified atom stereocenters. The summed E-state index contributed by atoms with van der Waals surface area (Å²) in [6.45, 7) is 14.5. The molecule has 0 aromatic carbocycles. The van der Waals surface area contributed by atoms with Crippen molar-refractivity contribution in [1.82, 2.24) is 15.5 Å². The lowest BCUT2D eigenvalue weighted by molar-refractivity contribution is 0.00867. The maximum atomic E-state index is 5.46. The quantitative estimate of drug-likeness (QED) is 0.573. The van der Waals surface area contributed by atoms with Gasteiger partial charge < -0.3 is 15.4 Å². The van der Waals surface area contributed by atoms with Gasteiger partial charge >= 0.3 is 0 Å². The molecule has 1 saturated carbocycles. The average Bonchev–Trinajstić information content (AvgIpc) is 3.15. The number of morpholine rings is 1. The molecule has 0 bridgehead atoms. The van der Waals surface area contributed by atoms with Crippen LogP contribution in [0.25, 0.3) is 0 Å². The largest absolute Gasteiger partial charge is 0.379 e. The molecular weight excluding hydrogens is 264 g/mol. The van der Waals surface area contributed by atoms with Crippen LogP contribution in [0.3, 0.4) is 0 Å². The number of aliphatic imine (C=N–C) groups is 1. The topological polar surface area (TPSA) is 48.9 Å². The molecule has 2 fully saturated rings. The van der Waals surface area contributed by atoms with E-state index in [0.29, 0.717) is 18.0 Å². The van der Waals surface area contributed by atoms with E-state index in [1.807, 2.05) is 0 Å². The van der Waals surface area contributed by atoms with Crippen molar-refractivity contribution in [3.8, 4) is 0 Å². The third-order valence-corrected chi connectivity index (χ3v) is 4.50. The number of guanidine groups is 1. The van der Waals surface area contributed by atoms with E-state index in [1.54, 1.807) is 0 Å². The molecule has 2 rings (SSSR count). The van der Waals surface area contributed by atoms with Crippen molar-refractivity contribution in [3.63, 3.8) is 0 Å². The Labute approximate surface area is 129 Å². The lowest BCUT2D eigenvalue weighted by Crippen LogP contribution is -2.48. The van der Waals surface area contributed by atoms with Crippen LogP contribution in [0, 0.1) is 11.8 Å². The second-order valence-electron chi connectivity index (χ2n) is 6.64. The first-order valence-electron chi connectivity index (χ1n) is 8.48. The molecule has 0 spiro atoms. The van der Waals surface area contributed by atoms with Gasteiger partial charge in [0.2, 0.25) is 0 Å². The Morgan fingerprint density at radius 2 is 2.00 bits per heavy atom. The molecule has 1 heterocycles. The number of nitrogens with zero attached hydrogens (tertiary/aromatic N) is 2. The third-order valence-electron chi connectivity index (χ3n) is 4.50. The fraction of sp³-hybridized carbons (Fsp3) is 0.938. The fourth-order valence-electron chi connectivity index (χ4n) is 2.86. The normalized spacial score (nSPS) is 28.5. The van der Waals surface area contributed by atoms with Crippen molar-refractivity contribution in [2.24, 2.45) is 16.8 Å². The average molecular weight is 296 g/mol. The summed E-state index contributed by atoms with van der Waals surface area (Å²) in [7, 11) is 0. The lowest BCUT2D eigenvalue weighted by Gasteiger charge is -2.36. The highest BCUT2D eigenvalue weighted by Gasteiger charge is 2.33. The minimum Gasteiger partial charge on any atom is -0.379 e. The molecule has 1 saturated heterocycles. The molecule has 122 valence electrons. The summed E-state index contributed by atoms with van der Waals surface area (Å²) in [5, 5.41) is 6.90. The van der Waals surface area contributed by atoms with Crippen LogP contribution in [0.4, 0.5) is 0 Å². The van der Waals surface area contributed by atoms with Crippen LogP contribution in [-0.2, 0) is 4.74 Å².